The van der Waals surface area contributed by atoms with E-state index in [9.17, 15) is 9.59 Å². The monoisotopic (exact) mass is 326 g/mol. The van der Waals surface area contributed by atoms with Gasteiger partial charge in [0.1, 0.15) is 6.33 Å². The molecule has 126 valence electrons. The topological polar surface area (TPSA) is 76.9 Å². The van der Waals surface area contributed by atoms with Gasteiger partial charge in [0.05, 0.1) is 0 Å². The molecule has 1 N–H and O–H groups in total. The van der Waals surface area contributed by atoms with Crippen molar-refractivity contribution in [3.63, 3.8) is 0 Å². The molecular weight excluding hydrogens is 304 g/mol. The van der Waals surface area contributed by atoms with E-state index in [1.807, 2.05) is 17.6 Å². The number of nitrogens with one attached hydrogen (secondary N) is 1. The third-order valence-electron chi connectivity index (χ3n) is 4.52. The number of carbonyl (C=O) groups is 1. The molecule has 0 spiro atoms. The molecule has 1 amide bonds. The van der Waals surface area contributed by atoms with E-state index in [4.69, 9.17) is 0 Å². The Balaban J connectivity index is 1.58. The summed E-state index contributed by atoms with van der Waals surface area (Å²) in [5.74, 6) is 0.0520. The Morgan fingerprint density at radius 2 is 2.12 bits per heavy atom. The van der Waals surface area contributed by atoms with Crippen molar-refractivity contribution in [1.82, 2.24) is 19.9 Å². The van der Waals surface area contributed by atoms with Gasteiger partial charge in [0.25, 0.3) is 5.56 Å². The molecule has 1 aliphatic rings. The lowest BCUT2D eigenvalue weighted by Gasteiger charge is -2.27. The smallest absolute Gasteiger partial charge is 0.250 e. The number of aryl methyl sites for hydroxylation is 1. The number of nitrogens with zero attached hydrogens (tertiary/aromatic N) is 3. The fraction of sp³-hybridized carbons (Fsp3) is 0.444. The third-order valence-corrected chi connectivity index (χ3v) is 4.52. The summed E-state index contributed by atoms with van der Waals surface area (Å²) in [6.45, 7) is 2.68. The Kier molecular flexibility index (Phi) is 5.03. The van der Waals surface area contributed by atoms with Crippen molar-refractivity contribution < 1.29 is 4.79 Å². The molecule has 0 unspecified atom stereocenters. The van der Waals surface area contributed by atoms with Gasteiger partial charge in [0.15, 0.2) is 0 Å². The summed E-state index contributed by atoms with van der Waals surface area (Å²) in [4.78, 5) is 32.0. The molecule has 1 atom stereocenters. The second-order valence-corrected chi connectivity index (χ2v) is 6.14. The number of hydrogen-bond donors (Lipinski definition) is 1. The summed E-state index contributed by atoms with van der Waals surface area (Å²) in [5, 5.41) is 3.11. The van der Waals surface area contributed by atoms with Crippen LogP contribution >= 0.6 is 0 Å². The van der Waals surface area contributed by atoms with Crippen molar-refractivity contribution in [2.24, 2.45) is 0 Å². The van der Waals surface area contributed by atoms with E-state index in [1.165, 1.54) is 11.9 Å². The van der Waals surface area contributed by atoms with Crippen LogP contribution in [0.1, 0.15) is 36.6 Å². The van der Waals surface area contributed by atoms with Gasteiger partial charge in [-0.3, -0.25) is 9.59 Å². The van der Waals surface area contributed by atoms with E-state index < -0.39 is 0 Å². The van der Waals surface area contributed by atoms with Crippen molar-refractivity contribution in [2.45, 2.75) is 51.6 Å². The first-order valence-corrected chi connectivity index (χ1v) is 8.42. The molecule has 0 radical (unpaired) electrons. The maximum Gasteiger partial charge on any atom is 0.250 e. The molecule has 0 fully saturated rings. The van der Waals surface area contributed by atoms with Gasteiger partial charge >= 0.3 is 0 Å². The van der Waals surface area contributed by atoms with Crippen LogP contribution in [0, 0.1) is 0 Å². The highest BCUT2D eigenvalue weighted by Crippen LogP contribution is 2.20. The Morgan fingerprint density at radius 1 is 1.33 bits per heavy atom. The number of rotatable bonds is 5. The molecule has 2 aromatic heterocycles. The van der Waals surface area contributed by atoms with Crippen molar-refractivity contribution in [1.29, 1.82) is 0 Å². The Bertz CT molecular complexity index is 770. The van der Waals surface area contributed by atoms with Gasteiger partial charge in [-0.2, -0.15) is 0 Å². The van der Waals surface area contributed by atoms with Crippen LogP contribution in [-0.4, -0.2) is 26.5 Å². The standard InChI is InChI=1S/C18H22N4O2/c1-2-22-16-6-5-15(9-14(16)4-8-18(22)24)21-17(23)7-3-13-10-19-12-20-11-13/h4,8,10-12,15H,2-3,5-7,9H2,1H3,(H,21,23)/t15-/m1/s1. The Hall–Kier alpha value is -2.50. The van der Waals surface area contributed by atoms with Crippen LogP contribution in [0.15, 0.2) is 35.6 Å². The minimum absolute atomic E-state index is 0.0520. The molecule has 0 bridgehead atoms. The predicted octanol–water partition coefficient (Wildman–Crippen LogP) is 1.26. The van der Waals surface area contributed by atoms with E-state index in [2.05, 4.69) is 15.3 Å². The number of fused-ring (bicyclic) bond motifs is 1. The van der Waals surface area contributed by atoms with Crippen molar-refractivity contribution in [2.75, 3.05) is 0 Å². The van der Waals surface area contributed by atoms with Crippen LogP contribution in [-0.2, 0) is 30.6 Å². The highest BCUT2D eigenvalue weighted by atomic mass is 16.1. The van der Waals surface area contributed by atoms with Gasteiger partial charge in [-0.25, -0.2) is 9.97 Å². The molecule has 6 heteroatoms. The van der Waals surface area contributed by atoms with Crippen LogP contribution in [0.2, 0.25) is 0 Å². The lowest BCUT2D eigenvalue weighted by Crippen LogP contribution is -2.40. The third kappa shape index (κ3) is 3.69. The van der Waals surface area contributed by atoms with Crippen LogP contribution in [0.4, 0.5) is 0 Å². The first-order valence-electron chi connectivity index (χ1n) is 8.42. The number of amides is 1. The molecule has 24 heavy (non-hydrogen) atoms. The van der Waals surface area contributed by atoms with Gasteiger partial charge in [0, 0.05) is 43.2 Å². The number of carbonyl (C=O) groups excluding carboxylic acids is 1. The summed E-state index contributed by atoms with van der Waals surface area (Å²) in [7, 11) is 0. The molecule has 1 aliphatic carbocycles. The SMILES string of the molecule is CCn1c2c(ccc1=O)C[C@H](NC(=O)CCc1cncnc1)CC2. The maximum absolute atomic E-state index is 12.2. The Labute approximate surface area is 141 Å². The molecular formula is C18H22N4O2. The summed E-state index contributed by atoms with van der Waals surface area (Å²) >= 11 is 0. The predicted molar refractivity (Wildman–Crippen MR) is 90.7 cm³/mol. The molecule has 6 nitrogen and oxygen atoms in total. The summed E-state index contributed by atoms with van der Waals surface area (Å²) in [6.07, 6.45) is 8.53. The lowest BCUT2D eigenvalue weighted by molar-refractivity contribution is -0.121. The largest absolute Gasteiger partial charge is 0.353 e. The molecule has 2 heterocycles. The van der Waals surface area contributed by atoms with E-state index in [1.54, 1.807) is 18.5 Å². The molecule has 0 aromatic carbocycles. The van der Waals surface area contributed by atoms with Gasteiger partial charge in [-0.05, 0) is 43.7 Å². The molecule has 0 saturated heterocycles. The number of aromatic nitrogens is 3. The molecule has 3 rings (SSSR count). The summed E-state index contributed by atoms with van der Waals surface area (Å²) in [6, 6.07) is 3.67. The minimum atomic E-state index is 0.0520. The van der Waals surface area contributed by atoms with Crippen molar-refractivity contribution >= 4 is 5.91 Å². The Morgan fingerprint density at radius 3 is 2.88 bits per heavy atom. The van der Waals surface area contributed by atoms with Gasteiger partial charge < -0.3 is 9.88 Å². The molecule has 0 saturated carbocycles. The normalized spacial score (nSPS) is 16.5. The minimum Gasteiger partial charge on any atom is -0.353 e. The van der Waals surface area contributed by atoms with Crippen LogP contribution in [0.3, 0.4) is 0 Å². The van der Waals surface area contributed by atoms with Crippen molar-refractivity contribution in [3.05, 3.63) is 58.0 Å². The zero-order valence-electron chi connectivity index (χ0n) is 13.9. The average Bonchev–Trinajstić information content (AvgIpc) is 2.61. The van der Waals surface area contributed by atoms with Crippen molar-refractivity contribution in [3.8, 4) is 0 Å². The average molecular weight is 326 g/mol. The highest BCUT2D eigenvalue weighted by Gasteiger charge is 2.22. The van der Waals surface area contributed by atoms with Crippen LogP contribution in [0.25, 0.3) is 0 Å². The van der Waals surface area contributed by atoms with Crippen LogP contribution in [0.5, 0.6) is 0 Å². The summed E-state index contributed by atoms with van der Waals surface area (Å²) in [5.41, 5.74) is 3.32. The first-order chi connectivity index (χ1) is 11.7. The highest BCUT2D eigenvalue weighted by molar-refractivity contribution is 5.76. The second kappa shape index (κ2) is 7.38. The number of hydrogen-bond acceptors (Lipinski definition) is 4. The zero-order chi connectivity index (χ0) is 16.9. The van der Waals surface area contributed by atoms with Gasteiger partial charge in [-0.1, -0.05) is 6.07 Å². The maximum atomic E-state index is 12.2. The van der Waals surface area contributed by atoms with Gasteiger partial charge in [-0.15, -0.1) is 0 Å². The zero-order valence-corrected chi connectivity index (χ0v) is 13.9. The fourth-order valence-electron chi connectivity index (χ4n) is 3.31. The van der Waals surface area contributed by atoms with Gasteiger partial charge in [0.2, 0.25) is 5.91 Å². The quantitative estimate of drug-likeness (QED) is 0.897. The number of pyridine rings is 1. The van der Waals surface area contributed by atoms with E-state index in [-0.39, 0.29) is 17.5 Å². The first kappa shape index (κ1) is 16.4. The fourth-order valence-corrected chi connectivity index (χ4v) is 3.31. The lowest BCUT2D eigenvalue weighted by atomic mass is 9.91. The van der Waals surface area contributed by atoms with E-state index in [0.29, 0.717) is 19.4 Å². The van der Waals surface area contributed by atoms with E-state index in [0.717, 1.165) is 30.5 Å². The van der Waals surface area contributed by atoms with Crippen LogP contribution < -0.4 is 10.9 Å². The molecule has 2 aromatic rings. The second-order valence-electron chi connectivity index (χ2n) is 6.14. The van der Waals surface area contributed by atoms with E-state index >= 15 is 0 Å². The summed E-state index contributed by atoms with van der Waals surface area (Å²) < 4.78 is 1.84. The molecule has 0 aliphatic heterocycles.